The van der Waals surface area contributed by atoms with Gasteiger partial charge in [-0.1, -0.05) is 0 Å². The fraction of sp³-hybridized carbons (Fsp3) is 0.389. The lowest BCUT2D eigenvalue weighted by molar-refractivity contribution is -0.119. The Hall–Kier alpha value is -3.41. The first kappa shape index (κ1) is 19.9. The summed E-state index contributed by atoms with van der Waals surface area (Å²) < 4.78 is 38.8. The summed E-state index contributed by atoms with van der Waals surface area (Å²) in [5.41, 5.74) is 6.29. The zero-order chi connectivity index (χ0) is 21.4. The Kier molecular flexibility index (Phi) is 5.16. The molecule has 1 aromatic carbocycles. The monoisotopic (exact) mass is 423 g/mol. The first-order valence-electron chi connectivity index (χ1n) is 9.14. The quantitative estimate of drug-likeness (QED) is 0.626. The van der Waals surface area contributed by atoms with Crippen molar-refractivity contribution in [2.24, 2.45) is 5.73 Å². The van der Waals surface area contributed by atoms with Crippen LogP contribution < -0.4 is 20.7 Å². The third kappa shape index (κ3) is 3.49. The van der Waals surface area contributed by atoms with Gasteiger partial charge in [0.2, 0.25) is 5.91 Å². The van der Waals surface area contributed by atoms with Gasteiger partial charge in [-0.05, 0) is 12.1 Å². The van der Waals surface area contributed by atoms with Gasteiger partial charge in [0, 0.05) is 18.0 Å². The van der Waals surface area contributed by atoms with E-state index >= 15 is 0 Å². The van der Waals surface area contributed by atoms with E-state index in [1.165, 1.54) is 6.20 Å². The van der Waals surface area contributed by atoms with E-state index < -0.39 is 43.7 Å². The maximum atomic E-state index is 13.3. The second-order valence-electron chi connectivity index (χ2n) is 6.81. The summed E-state index contributed by atoms with van der Waals surface area (Å²) in [5.74, 6) is 0.235. The predicted molar refractivity (Wildman–Crippen MR) is 100 cm³/mol. The fourth-order valence-corrected chi connectivity index (χ4v) is 3.37. The minimum absolute atomic E-state index is 0.0712. The molecule has 3 heterocycles. The second kappa shape index (κ2) is 7.78. The van der Waals surface area contributed by atoms with Crippen molar-refractivity contribution in [1.29, 1.82) is 0 Å². The Balaban J connectivity index is 1.67. The zero-order valence-corrected chi connectivity index (χ0v) is 15.6. The third-order valence-corrected chi connectivity index (χ3v) is 4.89. The number of anilines is 2. The van der Waals surface area contributed by atoms with Crippen LogP contribution in [-0.2, 0) is 16.1 Å². The topological polar surface area (TPSA) is 132 Å². The number of aromatic nitrogens is 2. The van der Waals surface area contributed by atoms with Crippen molar-refractivity contribution < 1.29 is 33.0 Å². The smallest absolute Gasteiger partial charge is 0.416 e. The standard InChI is InChI=1S/C18H19F2N5O5/c19-15(20)12-8-30-18(28)25(12)14-6-24-3-4-29-13-5-9(22-11(7-26)16(21)27)1-2-10(13)17(24)23-14/h1-2,5-6,11-12,15,22,26H,3-4,7-8H2,(H2,21,27)/t11-,12-/m0/s1. The Morgan fingerprint density at radius 2 is 2.20 bits per heavy atom. The molecular weight excluding hydrogens is 404 g/mol. The summed E-state index contributed by atoms with van der Waals surface area (Å²) in [7, 11) is 0. The summed E-state index contributed by atoms with van der Waals surface area (Å²) in [6, 6.07) is 2.58. The Morgan fingerprint density at radius 1 is 1.40 bits per heavy atom. The number of imidazole rings is 1. The number of halogens is 2. The first-order chi connectivity index (χ1) is 14.4. The van der Waals surface area contributed by atoms with Crippen LogP contribution in [0.25, 0.3) is 11.4 Å². The van der Waals surface area contributed by atoms with Crippen molar-refractivity contribution in [3.8, 4) is 17.1 Å². The van der Waals surface area contributed by atoms with E-state index in [0.29, 0.717) is 29.4 Å². The molecule has 0 unspecified atom stereocenters. The number of hydrogen-bond acceptors (Lipinski definition) is 7. The molecule has 4 N–H and O–H groups in total. The molecule has 4 rings (SSSR count). The fourth-order valence-electron chi connectivity index (χ4n) is 3.37. The molecule has 2 aliphatic rings. The molecule has 160 valence electrons. The van der Waals surface area contributed by atoms with Gasteiger partial charge in [0.25, 0.3) is 6.43 Å². The average molecular weight is 423 g/mol. The number of ether oxygens (including phenoxy) is 2. The molecule has 0 aliphatic carbocycles. The molecular formula is C18H19F2N5O5. The van der Waals surface area contributed by atoms with Gasteiger partial charge in [-0.3, -0.25) is 4.79 Å². The van der Waals surface area contributed by atoms with Crippen molar-refractivity contribution in [3.05, 3.63) is 24.4 Å². The number of nitrogens with one attached hydrogen (secondary N) is 1. The van der Waals surface area contributed by atoms with E-state index in [0.717, 1.165) is 4.90 Å². The maximum absolute atomic E-state index is 13.3. The van der Waals surface area contributed by atoms with E-state index in [9.17, 15) is 23.5 Å². The molecule has 0 saturated carbocycles. The van der Waals surface area contributed by atoms with Crippen LogP contribution in [0.3, 0.4) is 0 Å². The molecule has 0 spiro atoms. The summed E-state index contributed by atoms with van der Waals surface area (Å²) in [5, 5.41) is 12.1. The molecule has 1 aromatic heterocycles. The van der Waals surface area contributed by atoms with Crippen LogP contribution >= 0.6 is 0 Å². The van der Waals surface area contributed by atoms with Crippen LogP contribution in [0.15, 0.2) is 24.4 Å². The summed E-state index contributed by atoms with van der Waals surface area (Å²) in [6.07, 6.45) is -2.13. The normalized spacial score (nSPS) is 18.9. The molecule has 0 bridgehead atoms. The van der Waals surface area contributed by atoms with Crippen molar-refractivity contribution in [2.45, 2.75) is 25.1 Å². The number of nitrogens with zero attached hydrogens (tertiary/aromatic N) is 3. The summed E-state index contributed by atoms with van der Waals surface area (Å²) >= 11 is 0. The minimum Gasteiger partial charge on any atom is -0.491 e. The van der Waals surface area contributed by atoms with Crippen LogP contribution in [0.4, 0.5) is 25.1 Å². The van der Waals surface area contributed by atoms with Crippen LogP contribution in [0.5, 0.6) is 5.75 Å². The molecule has 30 heavy (non-hydrogen) atoms. The van der Waals surface area contributed by atoms with Crippen molar-refractivity contribution in [1.82, 2.24) is 9.55 Å². The first-order valence-corrected chi connectivity index (χ1v) is 9.14. The number of benzene rings is 1. The SMILES string of the molecule is NC(=O)[C@H](CO)Nc1ccc2c(c1)OCCn1cc(N3C(=O)OC[C@H]3C(F)F)nc1-2. The molecule has 1 fully saturated rings. The van der Waals surface area contributed by atoms with E-state index in [2.05, 4.69) is 10.3 Å². The molecule has 2 amide bonds. The maximum Gasteiger partial charge on any atom is 0.416 e. The van der Waals surface area contributed by atoms with E-state index in [4.69, 9.17) is 15.2 Å². The van der Waals surface area contributed by atoms with Crippen LogP contribution in [0, 0.1) is 0 Å². The molecule has 2 aromatic rings. The molecule has 2 aliphatic heterocycles. The number of carbonyl (C=O) groups is 2. The average Bonchev–Trinajstić information content (AvgIpc) is 3.25. The number of nitrogens with two attached hydrogens (primary N) is 1. The number of hydrogen-bond donors (Lipinski definition) is 3. The number of fused-ring (bicyclic) bond motifs is 3. The lowest BCUT2D eigenvalue weighted by atomic mass is 10.1. The minimum atomic E-state index is -2.77. The van der Waals surface area contributed by atoms with E-state index in [-0.39, 0.29) is 12.4 Å². The number of alkyl halides is 2. The lowest BCUT2D eigenvalue weighted by Crippen LogP contribution is -2.38. The highest BCUT2D eigenvalue weighted by Crippen LogP contribution is 2.36. The molecule has 0 radical (unpaired) electrons. The van der Waals surface area contributed by atoms with E-state index in [1.807, 2.05) is 0 Å². The van der Waals surface area contributed by atoms with Gasteiger partial charge in [0.05, 0.1) is 18.7 Å². The van der Waals surface area contributed by atoms with E-state index in [1.54, 1.807) is 22.8 Å². The molecule has 12 heteroatoms. The number of aliphatic hydroxyl groups is 1. The predicted octanol–water partition coefficient (Wildman–Crippen LogP) is 0.791. The van der Waals surface area contributed by atoms with Crippen molar-refractivity contribution >= 4 is 23.5 Å². The second-order valence-corrected chi connectivity index (χ2v) is 6.81. The Labute approximate surface area is 169 Å². The van der Waals surface area contributed by atoms with Gasteiger partial charge in [-0.25, -0.2) is 23.5 Å². The molecule has 2 atom stereocenters. The van der Waals surface area contributed by atoms with Crippen molar-refractivity contribution in [3.63, 3.8) is 0 Å². The number of primary amides is 1. The summed E-state index contributed by atoms with van der Waals surface area (Å²) in [6.45, 7) is -0.235. The Morgan fingerprint density at radius 3 is 2.90 bits per heavy atom. The van der Waals surface area contributed by atoms with Gasteiger partial charge >= 0.3 is 6.09 Å². The van der Waals surface area contributed by atoms with Crippen LogP contribution in [0.1, 0.15) is 0 Å². The number of aliphatic hydroxyl groups excluding tert-OH is 1. The van der Waals surface area contributed by atoms with Gasteiger partial charge in [0.1, 0.15) is 36.9 Å². The number of cyclic esters (lactones) is 1. The van der Waals surface area contributed by atoms with Gasteiger partial charge in [-0.2, -0.15) is 0 Å². The summed E-state index contributed by atoms with van der Waals surface area (Å²) in [4.78, 5) is 28.6. The highest BCUT2D eigenvalue weighted by atomic mass is 19.3. The van der Waals surface area contributed by atoms with Crippen LogP contribution in [-0.4, -0.2) is 65.0 Å². The van der Waals surface area contributed by atoms with Crippen molar-refractivity contribution in [2.75, 3.05) is 30.0 Å². The van der Waals surface area contributed by atoms with Crippen LogP contribution in [0.2, 0.25) is 0 Å². The Bertz CT molecular complexity index is 982. The highest BCUT2D eigenvalue weighted by molar-refractivity contribution is 5.90. The van der Waals surface area contributed by atoms with Gasteiger partial charge in [0.15, 0.2) is 5.82 Å². The highest BCUT2D eigenvalue weighted by Gasteiger charge is 2.42. The molecule has 1 saturated heterocycles. The number of amides is 2. The third-order valence-electron chi connectivity index (χ3n) is 4.89. The largest absolute Gasteiger partial charge is 0.491 e. The zero-order valence-electron chi connectivity index (χ0n) is 15.6. The lowest BCUT2D eigenvalue weighted by Gasteiger charge is -2.18. The molecule has 10 nitrogen and oxygen atoms in total. The number of carbonyl (C=O) groups excluding carboxylic acids is 2. The van der Waals surface area contributed by atoms with Gasteiger partial charge in [-0.15, -0.1) is 0 Å². The van der Waals surface area contributed by atoms with Gasteiger partial charge < -0.3 is 30.2 Å². The number of rotatable bonds is 6.